The molecule has 3 amide bonds. The largest absolute Gasteiger partial charge is 0.381 e. The van der Waals surface area contributed by atoms with Crippen molar-refractivity contribution < 1.29 is 27.9 Å². The molecule has 0 saturated heterocycles. The second-order valence-electron chi connectivity index (χ2n) is 10.0. The van der Waals surface area contributed by atoms with Crippen molar-refractivity contribution in [3.05, 3.63) is 101 Å². The molecule has 5 N–H and O–H groups in total. The van der Waals surface area contributed by atoms with Crippen LogP contribution in [0.4, 0.5) is 11.6 Å². The summed E-state index contributed by atoms with van der Waals surface area (Å²) in [6.07, 6.45) is -0.710. The van der Waals surface area contributed by atoms with Crippen LogP contribution in [-0.2, 0) is 21.2 Å². The molecule has 0 bridgehead atoms. The maximum absolute atomic E-state index is 13.6. The first-order valence-electron chi connectivity index (χ1n) is 13.4. The van der Waals surface area contributed by atoms with Crippen LogP contribution in [0, 0.1) is 0 Å². The van der Waals surface area contributed by atoms with E-state index in [0.29, 0.717) is 5.56 Å². The molecule has 0 aliphatic carbocycles. The summed E-state index contributed by atoms with van der Waals surface area (Å²) in [5.41, 5.74) is 1.58. The lowest BCUT2D eigenvalue weighted by Gasteiger charge is -2.24. The van der Waals surface area contributed by atoms with E-state index in [1.54, 1.807) is 37.3 Å². The Hall–Kier alpha value is -5.15. The number of hydrogen-bond donors (Lipinski definition) is 5. The fraction of sp³-hybridized carbons (Fsp3) is 0.241. The van der Waals surface area contributed by atoms with Gasteiger partial charge in [0, 0.05) is 18.2 Å². The quantitative estimate of drug-likeness (QED) is 0.155. The smallest absolute Gasteiger partial charge is 0.269 e. The van der Waals surface area contributed by atoms with E-state index in [-0.39, 0.29) is 35.2 Å². The summed E-state index contributed by atoms with van der Waals surface area (Å²) in [5, 5.41) is 31.6. The Labute approximate surface area is 253 Å². The molecular formula is C29H32N8O6S. The first-order valence-corrected chi connectivity index (χ1v) is 15.3. The van der Waals surface area contributed by atoms with Crippen LogP contribution in [0.3, 0.4) is 0 Å². The minimum atomic E-state index is -3.76. The van der Waals surface area contributed by atoms with Crippen LogP contribution in [-0.4, -0.2) is 77.3 Å². The fourth-order valence-corrected chi connectivity index (χ4v) is 4.78. The number of carbonyl (C=O) groups excluding carboxylic acids is 3. The summed E-state index contributed by atoms with van der Waals surface area (Å²) in [6.45, 7) is 1.79. The van der Waals surface area contributed by atoms with Crippen molar-refractivity contribution in [1.29, 1.82) is 0 Å². The number of anilines is 2. The van der Waals surface area contributed by atoms with E-state index in [1.165, 1.54) is 25.2 Å². The van der Waals surface area contributed by atoms with Crippen LogP contribution < -0.4 is 20.3 Å². The summed E-state index contributed by atoms with van der Waals surface area (Å²) >= 11 is 0. The lowest BCUT2D eigenvalue weighted by atomic mass is 9.99. The van der Waals surface area contributed by atoms with Crippen molar-refractivity contribution in [3.8, 4) is 0 Å². The van der Waals surface area contributed by atoms with Crippen molar-refractivity contribution in [2.45, 2.75) is 31.5 Å². The van der Waals surface area contributed by atoms with Crippen molar-refractivity contribution in [1.82, 2.24) is 31.3 Å². The highest BCUT2D eigenvalue weighted by atomic mass is 32.2. The average molecular weight is 621 g/mol. The zero-order valence-corrected chi connectivity index (χ0v) is 24.9. The van der Waals surface area contributed by atoms with Gasteiger partial charge < -0.3 is 15.7 Å². The lowest BCUT2D eigenvalue weighted by molar-refractivity contribution is -0.125. The third-order valence-corrected chi connectivity index (χ3v) is 8.00. The van der Waals surface area contributed by atoms with E-state index in [0.717, 1.165) is 16.1 Å². The number of aromatic amines is 1. The molecule has 0 spiro atoms. The lowest BCUT2D eigenvalue weighted by Crippen LogP contribution is -2.50. The van der Waals surface area contributed by atoms with Crippen molar-refractivity contribution in [2.24, 2.45) is 0 Å². The van der Waals surface area contributed by atoms with Gasteiger partial charge in [-0.2, -0.15) is 5.21 Å². The van der Waals surface area contributed by atoms with Crippen LogP contribution in [0.2, 0.25) is 0 Å². The van der Waals surface area contributed by atoms with Crippen molar-refractivity contribution >= 4 is 39.4 Å². The zero-order valence-electron chi connectivity index (χ0n) is 24.1. The maximum atomic E-state index is 13.6. The van der Waals surface area contributed by atoms with Gasteiger partial charge in [-0.25, -0.2) is 8.42 Å². The predicted molar refractivity (Wildman–Crippen MR) is 162 cm³/mol. The Morgan fingerprint density at radius 2 is 1.52 bits per heavy atom. The SMILES string of the molecule is C[C@@H](NC(=O)c1cc(C(=O)N[C@@H](Cc2ccccc2)[C@@H](O)C(=O)Nc2nn[nH]n2)cc(N(C)S(C)(=O)=O)c1)c1ccccc1. The molecule has 0 saturated carbocycles. The minimum absolute atomic E-state index is 0.0286. The Balaban J connectivity index is 1.64. The Bertz CT molecular complexity index is 1700. The summed E-state index contributed by atoms with van der Waals surface area (Å²) < 4.78 is 25.7. The molecule has 4 rings (SSSR count). The molecule has 0 aliphatic rings. The van der Waals surface area contributed by atoms with Crippen molar-refractivity contribution in [2.75, 3.05) is 22.9 Å². The molecule has 0 unspecified atom stereocenters. The molecule has 44 heavy (non-hydrogen) atoms. The molecular weight excluding hydrogens is 588 g/mol. The second-order valence-corrected chi connectivity index (χ2v) is 12.1. The van der Waals surface area contributed by atoms with Crippen LogP contribution in [0.15, 0.2) is 78.9 Å². The number of amides is 3. The number of aliphatic hydroxyl groups excluding tert-OH is 1. The van der Waals surface area contributed by atoms with Gasteiger partial charge in [0.2, 0.25) is 10.0 Å². The number of rotatable bonds is 12. The van der Waals surface area contributed by atoms with Gasteiger partial charge >= 0.3 is 0 Å². The highest BCUT2D eigenvalue weighted by Gasteiger charge is 2.30. The molecule has 1 heterocycles. The molecule has 3 aromatic carbocycles. The van der Waals surface area contributed by atoms with Gasteiger partial charge in [-0.05, 0) is 47.9 Å². The van der Waals surface area contributed by atoms with Gasteiger partial charge in [0.1, 0.15) is 0 Å². The van der Waals surface area contributed by atoms with Crippen LogP contribution in [0.1, 0.15) is 44.8 Å². The van der Waals surface area contributed by atoms with Gasteiger partial charge in [0.25, 0.3) is 23.7 Å². The number of aromatic nitrogens is 4. The number of nitrogens with one attached hydrogen (secondary N) is 4. The summed E-state index contributed by atoms with van der Waals surface area (Å²) in [5.74, 6) is -2.37. The number of nitrogens with zero attached hydrogens (tertiary/aromatic N) is 4. The summed E-state index contributed by atoms with van der Waals surface area (Å²) in [6, 6.07) is 20.5. The number of benzene rings is 3. The Kier molecular flexibility index (Phi) is 10.0. The molecule has 0 aliphatic heterocycles. The first-order chi connectivity index (χ1) is 20.9. The molecule has 230 valence electrons. The van der Waals surface area contributed by atoms with E-state index in [2.05, 4.69) is 36.6 Å². The number of hydrogen-bond acceptors (Lipinski definition) is 9. The van der Waals surface area contributed by atoms with Gasteiger partial charge in [-0.1, -0.05) is 65.8 Å². The van der Waals surface area contributed by atoms with E-state index >= 15 is 0 Å². The van der Waals surface area contributed by atoms with E-state index < -0.39 is 39.9 Å². The van der Waals surface area contributed by atoms with E-state index in [1.807, 2.05) is 30.3 Å². The minimum Gasteiger partial charge on any atom is -0.381 e. The standard InChI is InChI=1S/C29H32N8O6S/c1-18(20-12-8-5-9-13-20)30-26(39)21-15-22(17-23(16-21)37(2)44(3,42)43)27(40)31-24(14-19-10-6-4-7-11-19)25(38)28(41)32-29-33-35-36-34-29/h4-13,15-18,24-25,38H,14H2,1-3H3,(H,30,39)(H,31,40)(H2,32,33,34,35,36,41)/t18-,24+,25-/m1/s1. The third-order valence-electron chi connectivity index (χ3n) is 6.80. The zero-order chi connectivity index (χ0) is 31.9. The van der Waals surface area contributed by atoms with Gasteiger partial charge in [-0.3, -0.25) is 24.0 Å². The molecule has 14 nitrogen and oxygen atoms in total. The maximum Gasteiger partial charge on any atom is 0.269 e. The van der Waals surface area contributed by atoms with Crippen molar-refractivity contribution in [3.63, 3.8) is 0 Å². The van der Waals surface area contributed by atoms with Gasteiger partial charge in [0.05, 0.1) is 24.0 Å². The number of tetrazole rings is 1. The molecule has 0 fully saturated rings. The van der Waals surface area contributed by atoms with Gasteiger partial charge in [-0.15, -0.1) is 5.10 Å². The fourth-order valence-electron chi connectivity index (χ4n) is 4.29. The second kappa shape index (κ2) is 13.9. The van der Waals surface area contributed by atoms with Crippen LogP contribution >= 0.6 is 0 Å². The van der Waals surface area contributed by atoms with Gasteiger partial charge in [0.15, 0.2) is 6.10 Å². The number of carbonyl (C=O) groups is 3. The predicted octanol–water partition coefficient (Wildman–Crippen LogP) is 1.43. The van der Waals surface area contributed by atoms with E-state index in [4.69, 9.17) is 0 Å². The number of aliphatic hydroxyl groups is 1. The van der Waals surface area contributed by atoms with Crippen LogP contribution in [0.25, 0.3) is 0 Å². The molecule has 0 radical (unpaired) electrons. The molecule has 4 aromatic rings. The third kappa shape index (κ3) is 8.23. The number of sulfonamides is 1. The average Bonchev–Trinajstić information content (AvgIpc) is 3.53. The monoisotopic (exact) mass is 620 g/mol. The summed E-state index contributed by atoms with van der Waals surface area (Å²) in [4.78, 5) is 39.8. The topological polar surface area (TPSA) is 199 Å². The highest BCUT2D eigenvalue weighted by molar-refractivity contribution is 7.92. The Morgan fingerprint density at radius 1 is 0.932 bits per heavy atom. The molecule has 15 heteroatoms. The normalized spacial score (nSPS) is 13.3. The summed E-state index contributed by atoms with van der Waals surface area (Å²) in [7, 11) is -2.47. The number of H-pyrrole nitrogens is 1. The Morgan fingerprint density at radius 3 is 2.09 bits per heavy atom. The van der Waals surface area contributed by atoms with E-state index in [9.17, 15) is 27.9 Å². The first kappa shape index (κ1) is 31.8. The van der Waals surface area contributed by atoms with Crippen LogP contribution in [0.5, 0.6) is 0 Å². The highest BCUT2D eigenvalue weighted by Crippen LogP contribution is 2.22. The molecule has 1 aromatic heterocycles. The molecule has 3 atom stereocenters.